The van der Waals surface area contributed by atoms with Crippen LogP contribution in [-0.4, -0.2) is 37.0 Å². The van der Waals surface area contributed by atoms with Gasteiger partial charge in [-0.1, -0.05) is 11.6 Å². The molecule has 2 aromatic rings. The number of nitrogens with one attached hydrogen (secondary N) is 2. The van der Waals surface area contributed by atoms with E-state index >= 15 is 0 Å². The van der Waals surface area contributed by atoms with Crippen LogP contribution >= 0.6 is 11.6 Å². The quantitative estimate of drug-likeness (QED) is 0.699. The second-order valence-corrected chi connectivity index (χ2v) is 6.00. The first kappa shape index (κ1) is 20.3. The maximum Gasteiger partial charge on any atom is 0.329 e. The zero-order chi connectivity index (χ0) is 20.0. The predicted molar refractivity (Wildman–Crippen MR) is 97.8 cm³/mol. The topological polar surface area (TPSA) is 107 Å². The van der Waals surface area contributed by atoms with Gasteiger partial charge < -0.3 is 24.5 Å². The van der Waals surface area contributed by atoms with Crippen molar-refractivity contribution < 1.29 is 28.3 Å². The first-order valence-electron chi connectivity index (χ1n) is 8.01. The molecule has 2 N–H and O–H groups in total. The van der Waals surface area contributed by atoms with Gasteiger partial charge in [0.2, 0.25) is 0 Å². The number of anilines is 1. The second-order valence-electron chi connectivity index (χ2n) is 5.59. The average molecular weight is 395 g/mol. The zero-order valence-electron chi connectivity index (χ0n) is 14.9. The molecule has 2 amide bonds. The molecule has 144 valence electrons. The van der Waals surface area contributed by atoms with Gasteiger partial charge in [-0.2, -0.15) is 0 Å². The summed E-state index contributed by atoms with van der Waals surface area (Å²) in [7, 11) is 1.48. The molecule has 0 radical (unpaired) electrons. The fraction of sp³-hybridized carbons (Fsp3) is 0.278. The fourth-order valence-electron chi connectivity index (χ4n) is 2.05. The molecule has 27 heavy (non-hydrogen) atoms. The van der Waals surface area contributed by atoms with Crippen LogP contribution in [0.25, 0.3) is 0 Å². The van der Waals surface area contributed by atoms with E-state index in [4.69, 9.17) is 25.5 Å². The molecular weight excluding hydrogens is 376 g/mol. The van der Waals surface area contributed by atoms with Crippen molar-refractivity contribution in [3.8, 4) is 5.75 Å². The summed E-state index contributed by atoms with van der Waals surface area (Å²) in [5.41, 5.74) is 0.424. The highest BCUT2D eigenvalue weighted by molar-refractivity contribution is 6.32. The number of benzene rings is 1. The number of esters is 1. The lowest BCUT2D eigenvalue weighted by molar-refractivity contribution is -0.154. The molecule has 1 aromatic heterocycles. The van der Waals surface area contributed by atoms with Gasteiger partial charge in [0, 0.05) is 5.69 Å². The van der Waals surface area contributed by atoms with Crippen molar-refractivity contribution in [2.75, 3.05) is 12.4 Å². The van der Waals surface area contributed by atoms with Crippen LogP contribution in [0.4, 0.5) is 5.69 Å². The highest BCUT2D eigenvalue weighted by atomic mass is 35.5. The van der Waals surface area contributed by atoms with Crippen LogP contribution < -0.4 is 15.4 Å². The van der Waals surface area contributed by atoms with E-state index in [9.17, 15) is 14.4 Å². The lowest BCUT2D eigenvalue weighted by Gasteiger charge is -2.17. The summed E-state index contributed by atoms with van der Waals surface area (Å²) in [6.07, 6.45) is 0.261. The molecule has 0 saturated carbocycles. The Morgan fingerprint density at radius 3 is 2.52 bits per heavy atom. The van der Waals surface area contributed by atoms with Crippen molar-refractivity contribution in [2.24, 2.45) is 0 Å². The molecule has 1 heterocycles. The van der Waals surface area contributed by atoms with Crippen LogP contribution in [-0.2, 0) is 14.3 Å². The van der Waals surface area contributed by atoms with E-state index in [0.29, 0.717) is 16.5 Å². The number of carbonyl (C=O) groups excluding carboxylic acids is 3. The van der Waals surface area contributed by atoms with Gasteiger partial charge in [0.15, 0.2) is 11.9 Å². The van der Waals surface area contributed by atoms with Crippen molar-refractivity contribution in [3.63, 3.8) is 0 Å². The van der Waals surface area contributed by atoms with Crippen LogP contribution in [0.1, 0.15) is 24.4 Å². The number of ether oxygens (including phenoxy) is 2. The second kappa shape index (κ2) is 9.09. The first-order chi connectivity index (χ1) is 12.8. The Morgan fingerprint density at radius 1 is 1.19 bits per heavy atom. The van der Waals surface area contributed by atoms with E-state index < -0.39 is 29.9 Å². The van der Waals surface area contributed by atoms with Crippen molar-refractivity contribution >= 4 is 35.1 Å². The minimum atomic E-state index is -1.08. The Morgan fingerprint density at radius 2 is 1.93 bits per heavy atom. The molecule has 2 atom stereocenters. The summed E-state index contributed by atoms with van der Waals surface area (Å²) in [6, 6.07) is 6.76. The molecule has 0 aliphatic carbocycles. The summed E-state index contributed by atoms with van der Waals surface area (Å²) in [6.45, 7) is 2.86. The third-order valence-corrected chi connectivity index (χ3v) is 3.82. The van der Waals surface area contributed by atoms with E-state index in [1.807, 2.05) is 0 Å². The number of methoxy groups -OCH3 is 1. The van der Waals surface area contributed by atoms with Crippen LogP contribution in [0.5, 0.6) is 5.75 Å². The van der Waals surface area contributed by atoms with Gasteiger partial charge in [-0.15, -0.1) is 0 Å². The standard InChI is InChI=1S/C18H19ClN2O6/c1-10(20-17(23)15-5-4-8-26-15)18(24)27-11(2)16(22)21-12-6-7-14(25-3)13(19)9-12/h4-11H,1-3H3,(H,20,23)(H,21,22)/t10-,11-/m0/s1. The molecule has 0 aliphatic heterocycles. The van der Waals surface area contributed by atoms with Gasteiger partial charge in [0.05, 0.1) is 18.4 Å². The van der Waals surface area contributed by atoms with Gasteiger partial charge in [-0.05, 0) is 44.2 Å². The van der Waals surface area contributed by atoms with Crippen molar-refractivity contribution in [1.29, 1.82) is 0 Å². The van der Waals surface area contributed by atoms with E-state index in [0.717, 1.165) is 0 Å². The molecule has 0 saturated heterocycles. The highest BCUT2D eigenvalue weighted by Gasteiger charge is 2.24. The summed E-state index contributed by atoms with van der Waals surface area (Å²) < 4.78 is 15.1. The maximum atomic E-state index is 12.2. The SMILES string of the molecule is COc1ccc(NC(=O)[C@H](C)OC(=O)[C@H](C)NC(=O)c2ccco2)cc1Cl. The minimum absolute atomic E-state index is 0.0665. The van der Waals surface area contributed by atoms with Crippen molar-refractivity contribution in [1.82, 2.24) is 5.32 Å². The third-order valence-electron chi connectivity index (χ3n) is 3.53. The number of amides is 2. The fourth-order valence-corrected chi connectivity index (χ4v) is 2.31. The molecule has 0 spiro atoms. The lowest BCUT2D eigenvalue weighted by atomic mass is 10.2. The molecule has 9 heteroatoms. The number of hydrogen-bond donors (Lipinski definition) is 2. The van der Waals surface area contributed by atoms with Gasteiger partial charge in [0.1, 0.15) is 11.8 Å². The van der Waals surface area contributed by atoms with Gasteiger partial charge in [-0.25, -0.2) is 4.79 Å². The van der Waals surface area contributed by atoms with E-state index in [2.05, 4.69) is 10.6 Å². The normalized spacial score (nSPS) is 12.6. The van der Waals surface area contributed by atoms with Gasteiger partial charge >= 0.3 is 5.97 Å². The number of halogens is 1. The third kappa shape index (κ3) is 5.49. The maximum absolute atomic E-state index is 12.2. The molecule has 8 nitrogen and oxygen atoms in total. The minimum Gasteiger partial charge on any atom is -0.495 e. The van der Waals surface area contributed by atoms with Crippen molar-refractivity contribution in [3.05, 3.63) is 47.4 Å². The van der Waals surface area contributed by atoms with Crippen LogP contribution in [0.15, 0.2) is 41.0 Å². The Bertz CT molecular complexity index is 821. The molecule has 0 aliphatic rings. The number of hydrogen-bond acceptors (Lipinski definition) is 6. The summed E-state index contributed by atoms with van der Waals surface area (Å²) in [4.78, 5) is 36.1. The van der Waals surface area contributed by atoms with E-state index in [-0.39, 0.29) is 5.76 Å². The summed E-state index contributed by atoms with van der Waals surface area (Å²) in [5.74, 6) is -1.33. The molecule has 0 unspecified atom stereocenters. The van der Waals surface area contributed by atoms with E-state index in [1.54, 1.807) is 18.2 Å². The highest BCUT2D eigenvalue weighted by Crippen LogP contribution is 2.27. The largest absolute Gasteiger partial charge is 0.495 e. The van der Waals surface area contributed by atoms with Crippen molar-refractivity contribution in [2.45, 2.75) is 26.0 Å². The van der Waals surface area contributed by atoms with E-state index in [1.165, 1.54) is 39.4 Å². The Labute approximate surface area is 160 Å². The monoisotopic (exact) mass is 394 g/mol. The molecule has 1 aromatic carbocycles. The molecular formula is C18H19ClN2O6. The smallest absolute Gasteiger partial charge is 0.329 e. The van der Waals surface area contributed by atoms with Crippen LogP contribution in [0, 0.1) is 0 Å². The molecule has 0 bridgehead atoms. The lowest BCUT2D eigenvalue weighted by Crippen LogP contribution is -2.42. The van der Waals surface area contributed by atoms with Crippen LogP contribution in [0.3, 0.4) is 0 Å². The van der Waals surface area contributed by atoms with Gasteiger partial charge in [-0.3, -0.25) is 9.59 Å². The zero-order valence-corrected chi connectivity index (χ0v) is 15.7. The first-order valence-corrected chi connectivity index (χ1v) is 8.39. The number of rotatable bonds is 7. The number of carbonyl (C=O) groups is 3. The molecule has 0 fully saturated rings. The van der Waals surface area contributed by atoms with Crippen LogP contribution in [0.2, 0.25) is 5.02 Å². The predicted octanol–water partition coefficient (Wildman–Crippen LogP) is 2.63. The van der Waals surface area contributed by atoms with Gasteiger partial charge in [0.25, 0.3) is 11.8 Å². The number of furan rings is 1. The average Bonchev–Trinajstić information content (AvgIpc) is 3.16. The molecule has 2 rings (SSSR count). The Hall–Kier alpha value is -3.00. The Kier molecular flexibility index (Phi) is 6.84. The summed E-state index contributed by atoms with van der Waals surface area (Å²) in [5, 5.41) is 5.34. The summed E-state index contributed by atoms with van der Waals surface area (Å²) >= 11 is 6.00. The Balaban J connectivity index is 1.88.